The van der Waals surface area contributed by atoms with Gasteiger partial charge >= 0.3 is 0 Å². The molecule has 5 rings (SSSR count). The first kappa shape index (κ1) is 20.7. The highest BCUT2D eigenvalue weighted by Gasteiger charge is 2.42. The Bertz CT molecular complexity index is 1160. The lowest BCUT2D eigenvalue weighted by Gasteiger charge is -2.45. The first-order valence-electron chi connectivity index (χ1n) is 10.6. The fourth-order valence-corrected chi connectivity index (χ4v) is 5.32. The van der Waals surface area contributed by atoms with E-state index in [0.29, 0.717) is 22.4 Å². The van der Waals surface area contributed by atoms with Gasteiger partial charge in [-0.1, -0.05) is 12.5 Å². The van der Waals surface area contributed by atoms with Crippen molar-refractivity contribution in [2.24, 2.45) is 0 Å². The second-order valence-electron chi connectivity index (χ2n) is 8.27. The van der Waals surface area contributed by atoms with Crippen LogP contribution in [0.5, 0.6) is 5.75 Å². The zero-order valence-electron chi connectivity index (χ0n) is 17.4. The van der Waals surface area contributed by atoms with Crippen LogP contribution in [0, 0.1) is 11.3 Å². The Morgan fingerprint density at radius 2 is 2.12 bits per heavy atom. The van der Waals surface area contributed by atoms with E-state index < -0.39 is 6.17 Å². The van der Waals surface area contributed by atoms with Gasteiger partial charge in [0.25, 0.3) is 0 Å². The number of phenols is 1. The Balaban J connectivity index is 1.35. The van der Waals surface area contributed by atoms with Gasteiger partial charge in [0, 0.05) is 25.3 Å². The molecule has 2 fully saturated rings. The third-order valence-corrected chi connectivity index (χ3v) is 7.28. The molecule has 164 valence electrons. The largest absolute Gasteiger partial charge is 0.507 e. The number of halogens is 1. The van der Waals surface area contributed by atoms with Gasteiger partial charge in [-0.15, -0.1) is 21.5 Å². The van der Waals surface area contributed by atoms with E-state index in [1.165, 1.54) is 11.3 Å². The van der Waals surface area contributed by atoms with Gasteiger partial charge < -0.3 is 15.3 Å². The average molecular weight is 452 g/mol. The van der Waals surface area contributed by atoms with Gasteiger partial charge in [-0.3, -0.25) is 0 Å². The molecule has 10 heteroatoms. The van der Waals surface area contributed by atoms with Crippen LogP contribution in [-0.4, -0.2) is 56.6 Å². The minimum Gasteiger partial charge on any atom is -0.507 e. The number of nitrogens with zero attached hydrogens (tertiary/aromatic N) is 6. The number of alkyl halides is 1. The maximum Gasteiger partial charge on any atom is 0.194 e. The molecule has 0 amide bonds. The van der Waals surface area contributed by atoms with Crippen molar-refractivity contribution in [2.45, 2.75) is 50.0 Å². The molecule has 0 aliphatic carbocycles. The molecule has 2 aliphatic heterocycles. The van der Waals surface area contributed by atoms with Gasteiger partial charge in [-0.25, -0.2) is 14.4 Å². The van der Waals surface area contributed by atoms with E-state index in [4.69, 9.17) is 5.26 Å². The predicted molar refractivity (Wildman–Crippen MR) is 119 cm³/mol. The van der Waals surface area contributed by atoms with Gasteiger partial charge in [0.1, 0.15) is 18.0 Å². The molecular weight excluding hydrogens is 429 g/mol. The number of aromatic hydroxyl groups is 1. The summed E-state index contributed by atoms with van der Waals surface area (Å²) in [4.78, 5) is 11.0. The van der Waals surface area contributed by atoms with E-state index in [9.17, 15) is 5.11 Å². The number of rotatable bonds is 4. The maximum atomic E-state index is 15.0. The van der Waals surface area contributed by atoms with E-state index in [2.05, 4.69) is 25.5 Å². The van der Waals surface area contributed by atoms with E-state index in [0.717, 1.165) is 36.1 Å². The van der Waals surface area contributed by atoms with Crippen LogP contribution in [0.4, 0.5) is 10.2 Å². The van der Waals surface area contributed by atoms with Crippen molar-refractivity contribution in [3.8, 4) is 33.6 Å². The minimum absolute atomic E-state index is 0.00677. The fraction of sp³-hybridized carbons (Fsp3) is 0.409. The van der Waals surface area contributed by atoms with E-state index in [1.54, 1.807) is 24.5 Å². The summed E-state index contributed by atoms with van der Waals surface area (Å²) in [5.41, 5.74) is 1.19. The summed E-state index contributed by atoms with van der Waals surface area (Å²) in [6.45, 7) is 0. The SMILES string of the molecule is CN(c1cnc(-c2ccc(-c3cnc(C#N)s3)cc2O)nn1)[C@@H]1C[C@@H]2CCC[C@@H](N2)[C@@H]1F. The van der Waals surface area contributed by atoms with Gasteiger partial charge in [-0.05, 0) is 37.0 Å². The number of phenolic OH excluding ortho intramolecular Hbond substituents is 1. The minimum atomic E-state index is -0.970. The molecule has 2 saturated heterocycles. The number of hydrogen-bond donors (Lipinski definition) is 2. The van der Waals surface area contributed by atoms with Crippen LogP contribution in [0.3, 0.4) is 0 Å². The van der Waals surface area contributed by atoms with Crippen LogP contribution >= 0.6 is 11.3 Å². The highest BCUT2D eigenvalue weighted by molar-refractivity contribution is 7.15. The number of hydrogen-bond acceptors (Lipinski definition) is 9. The number of aromatic nitrogens is 4. The lowest BCUT2D eigenvalue weighted by molar-refractivity contribution is 0.107. The molecule has 0 radical (unpaired) electrons. The molecular formula is C22H22FN7OS. The third-order valence-electron chi connectivity index (χ3n) is 6.33. The number of nitriles is 1. The zero-order valence-corrected chi connectivity index (χ0v) is 18.3. The van der Waals surface area contributed by atoms with Gasteiger partial charge in [0.2, 0.25) is 0 Å². The summed E-state index contributed by atoms with van der Waals surface area (Å²) < 4.78 is 15.0. The molecule has 0 unspecified atom stereocenters. The fourth-order valence-electron chi connectivity index (χ4n) is 4.61. The summed E-state index contributed by atoms with van der Waals surface area (Å²) in [6, 6.07) is 7.09. The molecule has 4 atom stereocenters. The van der Waals surface area contributed by atoms with Gasteiger partial charge in [0.05, 0.1) is 22.7 Å². The highest BCUT2D eigenvalue weighted by Crippen LogP contribution is 2.35. The van der Waals surface area contributed by atoms with Crippen molar-refractivity contribution >= 4 is 17.2 Å². The number of fused-ring (bicyclic) bond motifs is 2. The second-order valence-corrected chi connectivity index (χ2v) is 9.30. The van der Waals surface area contributed by atoms with Crippen molar-refractivity contribution in [3.63, 3.8) is 0 Å². The highest BCUT2D eigenvalue weighted by atomic mass is 32.1. The predicted octanol–water partition coefficient (Wildman–Crippen LogP) is 3.30. The second kappa shape index (κ2) is 8.41. The van der Waals surface area contributed by atoms with Crippen LogP contribution in [0.1, 0.15) is 30.7 Å². The lowest BCUT2D eigenvalue weighted by Crippen LogP contribution is -2.61. The van der Waals surface area contributed by atoms with Crippen LogP contribution in [0.15, 0.2) is 30.6 Å². The number of anilines is 1. The van der Waals surface area contributed by atoms with Gasteiger partial charge in [0.15, 0.2) is 16.6 Å². The first-order chi connectivity index (χ1) is 15.5. The summed E-state index contributed by atoms with van der Waals surface area (Å²) in [5.74, 6) is 0.797. The van der Waals surface area contributed by atoms with Crippen molar-refractivity contribution < 1.29 is 9.50 Å². The summed E-state index contributed by atoms with van der Waals surface area (Å²) in [5, 5.41) is 31.7. The van der Waals surface area contributed by atoms with Crippen molar-refractivity contribution in [2.75, 3.05) is 11.9 Å². The van der Waals surface area contributed by atoms with Gasteiger partial charge in [-0.2, -0.15) is 5.26 Å². The first-order valence-corrected chi connectivity index (χ1v) is 11.4. The maximum absolute atomic E-state index is 15.0. The summed E-state index contributed by atoms with van der Waals surface area (Å²) >= 11 is 1.25. The van der Waals surface area contributed by atoms with E-state index in [-0.39, 0.29) is 23.7 Å². The third kappa shape index (κ3) is 3.78. The Morgan fingerprint density at radius 3 is 2.84 bits per heavy atom. The Labute approximate surface area is 188 Å². The number of piperidine rings is 2. The van der Waals surface area contributed by atoms with Crippen molar-refractivity contribution in [1.82, 2.24) is 25.5 Å². The summed E-state index contributed by atoms with van der Waals surface area (Å²) in [6.07, 6.45) is 5.94. The quantitative estimate of drug-likeness (QED) is 0.622. The topological polar surface area (TPSA) is 111 Å². The lowest BCUT2D eigenvalue weighted by atomic mass is 9.82. The van der Waals surface area contributed by atoms with Crippen LogP contribution in [0.25, 0.3) is 21.8 Å². The van der Waals surface area contributed by atoms with E-state index >= 15 is 4.39 Å². The molecule has 2 N–H and O–H groups in total. The van der Waals surface area contributed by atoms with Crippen molar-refractivity contribution in [1.29, 1.82) is 5.26 Å². The molecule has 3 aromatic rings. The van der Waals surface area contributed by atoms with E-state index in [1.807, 2.05) is 24.1 Å². The normalized spacial score (nSPS) is 24.7. The van der Waals surface area contributed by atoms with Crippen molar-refractivity contribution in [3.05, 3.63) is 35.6 Å². The standard InChI is InChI=1S/C22H22FN7OS/c1-30(16-8-13-3-2-4-15(27-13)21(16)23)19-11-26-22(29-28-19)14-6-5-12(7-17(14)31)18-10-25-20(9-24)32-18/h5-7,10-11,13,15-16,21,27,31H,2-4,8H2,1H3/t13-,15+,16+,21-/m0/s1. The molecule has 2 aromatic heterocycles. The van der Waals surface area contributed by atoms with Crippen LogP contribution < -0.4 is 10.2 Å². The zero-order chi connectivity index (χ0) is 22.2. The number of thiazole rings is 1. The molecule has 0 spiro atoms. The summed E-state index contributed by atoms with van der Waals surface area (Å²) in [7, 11) is 1.83. The Kier molecular flexibility index (Phi) is 5.45. The molecule has 8 nitrogen and oxygen atoms in total. The molecule has 1 aromatic carbocycles. The monoisotopic (exact) mass is 451 g/mol. The molecule has 0 saturated carbocycles. The number of nitrogens with one attached hydrogen (secondary N) is 1. The molecule has 32 heavy (non-hydrogen) atoms. The van der Waals surface area contributed by atoms with Crippen LogP contribution in [0.2, 0.25) is 0 Å². The number of benzene rings is 1. The van der Waals surface area contributed by atoms with Crippen LogP contribution in [-0.2, 0) is 0 Å². The smallest absolute Gasteiger partial charge is 0.194 e. The molecule has 2 aliphatic rings. The average Bonchev–Trinajstić information content (AvgIpc) is 3.31. The molecule has 2 bridgehead atoms. The molecule has 4 heterocycles. The Hall–Kier alpha value is -3.16. The Morgan fingerprint density at radius 1 is 1.25 bits per heavy atom.